The van der Waals surface area contributed by atoms with Crippen LogP contribution in [0.3, 0.4) is 0 Å². The monoisotopic (exact) mass is 290 g/mol. The van der Waals surface area contributed by atoms with Crippen LogP contribution in [0.4, 0.5) is 5.69 Å². The third kappa shape index (κ3) is 2.78. The van der Waals surface area contributed by atoms with Crippen LogP contribution in [0.1, 0.15) is 26.3 Å². The fraction of sp³-hybridized carbons (Fsp3) is 0.0714. The zero-order chi connectivity index (χ0) is 14.7. The number of amides is 1. The molecule has 5 nitrogen and oxygen atoms in total. The summed E-state index contributed by atoms with van der Waals surface area (Å²) in [5.41, 5.74) is 1.03. The van der Waals surface area contributed by atoms with Crippen LogP contribution in [0.25, 0.3) is 0 Å². The summed E-state index contributed by atoms with van der Waals surface area (Å²) in [5, 5.41) is 12.0. The van der Waals surface area contributed by atoms with Crippen molar-refractivity contribution in [2.24, 2.45) is 0 Å². The van der Waals surface area contributed by atoms with Gasteiger partial charge in [0.25, 0.3) is 5.91 Å². The van der Waals surface area contributed by atoms with Crippen molar-refractivity contribution >= 4 is 29.2 Å². The van der Waals surface area contributed by atoms with E-state index in [-0.39, 0.29) is 21.8 Å². The lowest BCUT2D eigenvalue weighted by molar-refractivity contribution is 0.0697. The second kappa shape index (κ2) is 5.71. The van der Waals surface area contributed by atoms with E-state index < -0.39 is 11.9 Å². The molecule has 20 heavy (non-hydrogen) atoms. The largest absolute Gasteiger partial charge is 0.478 e. The van der Waals surface area contributed by atoms with Gasteiger partial charge >= 0.3 is 5.97 Å². The first-order valence-corrected chi connectivity index (χ1v) is 6.12. The molecule has 0 fully saturated rings. The molecule has 0 saturated heterocycles. The molecule has 0 saturated carbocycles. The number of carboxylic acids is 1. The maximum Gasteiger partial charge on any atom is 0.338 e. The highest BCUT2D eigenvalue weighted by atomic mass is 35.5. The Hall–Kier alpha value is -2.40. The number of aryl methyl sites for hydroxylation is 1. The first-order chi connectivity index (χ1) is 9.50. The van der Waals surface area contributed by atoms with Crippen molar-refractivity contribution in [2.45, 2.75) is 6.92 Å². The molecular formula is C14H11ClN2O3. The average Bonchev–Trinajstić information content (AvgIpc) is 2.38. The van der Waals surface area contributed by atoms with Crippen LogP contribution >= 0.6 is 11.6 Å². The fourth-order valence-corrected chi connectivity index (χ4v) is 1.98. The van der Waals surface area contributed by atoms with E-state index in [1.807, 2.05) is 0 Å². The number of carboxylic acid groups (broad SMARTS) is 1. The number of anilines is 1. The van der Waals surface area contributed by atoms with E-state index in [1.54, 1.807) is 19.1 Å². The van der Waals surface area contributed by atoms with E-state index in [2.05, 4.69) is 10.3 Å². The van der Waals surface area contributed by atoms with E-state index in [4.69, 9.17) is 11.6 Å². The molecule has 102 valence electrons. The van der Waals surface area contributed by atoms with Crippen molar-refractivity contribution in [1.29, 1.82) is 0 Å². The van der Waals surface area contributed by atoms with Crippen molar-refractivity contribution in [1.82, 2.24) is 4.98 Å². The second-order valence-electron chi connectivity index (χ2n) is 4.11. The van der Waals surface area contributed by atoms with Gasteiger partial charge in [0, 0.05) is 12.4 Å². The quantitative estimate of drug-likeness (QED) is 0.911. The van der Waals surface area contributed by atoms with E-state index in [1.165, 1.54) is 24.5 Å². The molecule has 1 aromatic heterocycles. The summed E-state index contributed by atoms with van der Waals surface area (Å²) in [6.45, 7) is 1.66. The second-order valence-corrected chi connectivity index (χ2v) is 4.52. The van der Waals surface area contributed by atoms with Gasteiger partial charge in [0.05, 0.1) is 21.8 Å². The molecular weight excluding hydrogens is 280 g/mol. The summed E-state index contributed by atoms with van der Waals surface area (Å²) < 4.78 is 0. The minimum absolute atomic E-state index is 0.0564. The molecule has 1 heterocycles. The Morgan fingerprint density at radius 3 is 2.70 bits per heavy atom. The maximum absolute atomic E-state index is 12.1. The number of aromatic nitrogens is 1. The number of carbonyl (C=O) groups is 2. The zero-order valence-electron chi connectivity index (χ0n) is 10.6. The normalized spacial score (nSPS) is 10.1. The summed E-state index contributed by atoms with van der Waals surface area (Å²) in [7, 11) is 0. The summed E-state index contributed by atoms with van der Waals surface area (Å²) in [4.78, 5) is 27.2. The van der Waals surface area contributed by atoms with Crippen molar-refractivity contribution in [3.05, 3.63) is 58.4 Å². The predicted octanol–water partition coefficient (Wildman–Crippen LogP) is 2.99. The van der Waals surface area contributed by atoms with Gasteiger partial charge in [0.2, 0.25) is 0 Å². The maximum atomic E-state index is 12.1. The lowest BCUT2D eigenvalue weighted by Gasteiger charge is -2.11. The number of carbonyl (C=O) groups excluding carboxylic acids is 1. The molecule has 0 aliphatic heterocycles. The number of benzene rings is 1. The molecule has 0 radical (unpaired) electrons. The highest BCUT2D eigenvalue weighted by Gasteiger charge is 2.17. The summed E-state index contributed by atoms with van der Waals surface area (Å²) in [6.07, 6.45) is 2.79. The van der Waals surface area contributed by atoms with Gasteiger partial charge in [0.15, 0.2) is 0 Å². The number of hydrogen-bond acceptors (Lipinski definition) is 3. The highest BCUT2D eigenvalue weighted by molar-refractivity contribution is 6.34. The minimum atomic E-state index is -1.10. The number of hydrogen-bond donors (Lipinski definition) is 2. The third-order valence-electron chi connectivity index (χ3n) is 2.75. The van der Waals surface area contributed by atoms with Crippen LogP contribution in [0.2, 0.25) is 5.02 Å². The van der Waals surface area contributed by atoms with Gasteiger partial charge in [-0.05, 0) is 24.6 Å². The Morgan fingerprint density at radius 2 is 2.05 bits per heavy atom. The number of nitrogens with zero attached hydrogens (tertiary/aromatic N) is 1. The van der Waals surface area contributed by atoms with Crippen molar-refractivity contribution < 1.29 is 14.7 Å². The van der Waals surface area contributed by atoms with Crippen LogP contribution in [0, 0.1) is 6.92 Å². The molecule has 0 bridgehead atoms. The standard InChI is InChI=1S/C14H11ClN2O3/c1-8-3-2-4-11(12(8)14(19)20)17-13(18)9-7-16-6-5-10(9)15/h2-7H,1H3,(H,17,18)(H,19,20). The van der Waals surface area contributed by atoms with Crippen molar-refractivity contribution in [3.63, 3.8) is 0 Å². The molecule has 6 heteroatoms. The Bertz CT molecular complexity index is 686. The van der Waals surface area contributed by atoms with E-state index >= 15 is 0 Å². The smallest absolute Gasteiger partial charge is 0.338 e. The first-order valence-electron chi connectivity index (χ1n) is 5.74. The Morgan fingerprint density at radius 1 is 1.30 bits per heavy atom. The Kier molecular flexibility index (Phi) is 4.00. The molecule has 0 atom stereocenters. The molecule has 2 aromatic rings. The van der Waals surface area contributed by atoms with Gasteiger partial charge in [-0.3, -0.25) is 9.78 Å². The zero-order valence-corrected chi connectivity index (χ0v) is 11.3. The van der Waals surface area contributed by atoms with Crippen molar-refractivity contribution in [2.75, 3.05) is 5.32 Å². The average molecular weight is 291 g/mol. The molecule has 2 rings (SSSR count). The van der Waals surface area contributed by atoms with Crippen LogP contribution < -0.4 is 5.32 Å². The molecule has 0 aliphatic rings. The van der Waals surface area contributed by atoms with Crippen LogP contribution in [0.5, 0.6) is 0 Å². The van der Waals surface area contributed by atoms with Gasteiger partial charge in [-0.25, -0.2) is 4.79 Å². The summed E-state index contributed by atoms with van der Waals surface area (Å²) in [5.74, 6) is -1.60. The predicted molar refractivity (Wildman–Crippen MR) is 75.3 cm³/mol. The van der Waals surface area contributed by atoms with Crippen LogP contribution in [-0.2, 0) is 0 Å². The molecule has 0 aliphatic carbocycles. The topological polar surface area (TPSA) is 79.3 Å². The number of pyridine rings is 1. The molecule has 0 unspecified atom stereocenters. The van der Waals surface area contributed by atoms with Gasteiger partial charge in [0.1, 0.15) is 0 Å². The van der Waals surface area contributed by atoms with E-state index in [9.17, 15) is 14.7 Å². The molecule has 0 spiro atoms. The Labute approximate surface area is 120 Å². The van der Waals surface area contributed by atoms with Crippen LogP contribution in [-0.4, -0.2) is 22.0 Å². The SMILES string of the molecule is Cc1cccc(NC(=O)c2cnccc2Cl)c1C(=O)O. The third-order valence-corrected chi connectivity index (χ3v) is 3.08. The first kappa shape index (κ1) is 14.0. The number of nitrogens with one attached hydrogen (secondary N) is 1. The molecule has 2 N–H and O–H groups in total. The van der Waals surface area contributed by atoms with E-state index in [0.717, 1.165) is 0 Å². The van der Waals surface area contributed by atoms with Crippen LogP contribution in [0.15, 0.2) is 36.7 Å². The van der Waals surface area contributed by atoms with Gasteiger partial charge < -0.3 is 10.4 Å². The number of aromatic carboxylic acids is 1. The molecule has 1 amide bonds. The van der Waals surface area contributed by atoms with Gasteiger partial charge in [-0.15, -0.1) is 0 Å². The lowest BCUT2D eigenvalue weighted by atomic mass is 10.1. The summed E-state index contributed by atoms with van der Waals surface area (Å²) in [6, 6.07) is 6.35. The highest BCUT2D eigenvalue weighted by Crippen LogP contribution is 2.21. The fourth-order valence-electron chi connectivity index (χ4n) is 1.79. The number of rotatable bonds is 3. The van der Waals surface area contributed by atoms with Gasteiger partial charge in [-0.2, -0.15) is 0 Å². The number of halogens is 1. The van der Waals surface area contributed by atoms with E-state index in [0.29, 0.717) is 5.56 Å². The summed E-state index contributed by atoms with van der Waals surface area (Å²) >= 11 is 5.90. The van der Waals surface area contributed by atoms with Gasteiger partial charge in [-0.1, -0.05) is 23.7 Å². The van der Waals surface area contributed by atoms with Crippen molar-refractivity contribution in [3.8, 4) is 0 Å². The molecule has 1 aromatic carbocycles. The Balaban J connectivity index is 2.36. The lowest BCUT2D eigenvalue weighted by Crippen LogP contribution is -2.16. The minimum Gasteiger partial charge on any atom is -0.478 e.